The minimum atomic E-state index is -0.234. The monoisotopic (exact) mass is 382 g/mol. The SMILES string of the molecule is CCNC(=O)c1ccc(NC(=O)CNc2cccc(C(=O)NC(C)C)c2)cc1. The van der Waals surface area contributed by atoms with E-state index in [1.54, 1.807) is 48.5 Å². The van der Waals surface area contributed by atoms with Gasteiger partial charge < -0.3 is 21.3 Å². The Hall–Kier alpha value is -3.35. The van der Waals surface area contributed by atoms with Crippen LogP contribution in [0.4, 0.5) is 11.4 Å². The molecule has 0 spiro atoms. The normalized spacial score (nSPS) is 10.3. The van der Waals surface area contributed by atoms with Gasteiger partial charge in [-0.05, 0) is 63.2 Å². The molecule has 2 rings (SSSR count). The summed E-state index contributed by atoms with van der Waals surface area (Å²) in [6, 6.07) is 13.7. The number of benzene rings is 2. The predicted octanol–water partition coefficient (Wildman–Crippen LogP) is 2.63. The molecule has 7 nitrogen and oxygen atoms in total. The highest BCUT2D eigenvalue weighted by Crippen LogP contribution is 2.12. The van der Waals surface area contributed by atoms with E-state index in [2.05, 4.69) is 21.3 Å². The predicted molar refractivity (Wildman–Crippen MR) is 111 cm³/mol. The average Bonchev–Trinajstić information content (AvgIpc) is 2.67. The maximum atomic E-state index is 12.1. The Balaban J connectivity index is 1.89. The molecule has 7 heteroatoms. The van der Waals surface area contributed by atoms with Crippen LogP contribution < -0.4 is 21.3 Å². The fourth-order valence-corrected chi connectivity index (χ4v) is 2.47. The third kappa shape index (κ3) is 6.42. The Morgan fingerprint density at radius 2 is 1.61 bits per heavy atom. The van der Waals surface area contributed by atoms with Crippen LogP contribution in [0.3, 0.4) is 0 Å². The quantitative estimate of drug-likeness (QED) is 0.564. The van der Waals surface area contributed by atoms with E-state index >= 15 is 0 Å². The summed E-state index contributed by atoms with van der Waals surface area (Å²) in [5.74, 6) is -0.540. The number of rotatable bonds is 8. The topological polar surface area (TPSA) is 99.3 Å². The van der Waals surface area contributed by atoms with E-state index in [-0.39, 0.29) is 30.3 Å². The number of nitrogens with one attached hydrogen (secondary N) is 4. The molecule has 148 valence electrons. The summed E-state index contributed by atoms with van der Waals surface area (Å²) >= 11 is 0. The molecule has 0 saturated heterocycles. The van der Waals surface area contributed by atoms with Gasteiger partial charge in [-0.3, -0.25) is 14.4 Å². The number of amides is 3. The second-order valence-corrected chi connectivity index (χ2v) is 6.55. The molecule has 0 atom stereocenters. The molecule has 0 aromatic heterocycles. The van der Waals surface area contributed by atoms with E-state index in [0.29, 0.717) is 29.0 Å². The zero-order valence-corrected chi connectivity index (χ0v) is 16.3. The van der Waals surface area contributed by atoms with Crippen molar-refractivity contribution in [3.63, 3.8) is 0 Å². The van der Waals surface area contributed by atoms with Crippen LogP contribution >= 0.6 is 0 Å². The average molecular weight is 382 g/mol. The molecule has 4 N–H and O–H groups in total. The van der Waals surface area contributed by atoms with Crippen molar-refractivity contribution >= 4 is 29.1 Å². The molecule has 0 aliphatic heterocycles. The molecule has 0 unspecified atom stereocenters. The third-order valence-electron chi connectivity index (χ3n) is 3.77. The molecule has 0 aliphatic rings. The molecule has 0 radical (unpaired) electrons. The number of carbonyl (C=O) groups is 3. The summed E-state index contributed by atoms with van der Waals surface area (Å²) in [6.45, 7) is 6.25. The van der Waals surface area contributed by atoms with Crippen molar-refractivity contribution in [2.75, 3.05) is 23.7 Å². The van der Waals surface area contributed by atoms with Crippen LogP contribution in [0.1, 0.15) is 41.5 Å². The van der Waals surface area contributed by atoms with Crippen LogP contribution in [0.5, 0.6) is 0 Å². The van der Waals surface area contributed by atoms with E-state index in [1.807, 2.05) is 20.8 Å². The van der Waals surface area contributed by atoms with Crippen molar-refractivity contribution in [2.45, 2.75) is 26.8 Å². The minimum Gasteiger partial charge on any atom is -0.376 e. The van der Waals surface area contributed by atoms with Crippen LogP contribution in [-0.2, 0) is 4.79 Å². The summed E-state index contributed by atoms with van der Waals surface area (Å²) in [5, 5.41) is 11.3. The fourth-order valence-electron chi connectivity index (χ4n) is 2.47. The Labute approximate surface area is 164 Å². The molecule has 2 aromatic rings. The zero-order chi connectivity index (χ0) is 20.5. The number of carbonyl (C=O) groups excluding carboxylic acids is 3. The highest BCUT2D eigenvalue weighted by atomic mass is 16.2. The van der Waals surface area contributed by atoms with Crippen molar-refractivity contribution in [1.82, 2.24) is 10.6 Å². The Bertz CT molecular complexity index is 832. The highest BCUT2D eigenvalue weighted by molar-refractivity contribution is 5.97. The minimum absolute atomic E-state index is 0.0489. The van der Waals surface area contributed by atoms with Gasteiger partial charge in [0.1, 0.15) is 0 Å². The van der Waals surface area contributed by atoms with E-state index < -0.39 is 0 Å². The Kier molecular flexibility index (Phi) is 7.56. The molecule has 2 aromatic carbocycles. The van der Waals surface area contributed by atoms with Crippen molar-refractivity contribution in [2.24, 2.45) is 0 Å². The van der Waals surface area contributed by atoms with Crippen LogP contribution in [0, 0.1) is 0 Å². The van der Waals surface area contributed by atoms with Gasteiger partial charge in [0.2, 0.25) is 5.91 Å². The van der Waals surface area contributed by atoms with Crippen LogP contribution in [0.15, 0.2) is 48.5 Å². The summed E-state index contributed by atoms with van der Waals surface area (Å²) in [4.78, 5) is 35.9. The standard InChI is InChI=1S/C21H26N4O3/c1-4-22-20(27)15-8-10-17(11-9-15)25-19(26)13-23-18-7-5-6-16(12-18)21(28)24-14(2)3/h5-12,14,23H,4,13H2,1-3H3,(H,22,27)(H,24,28)(H,25,26). The molecule has 0 saturated carbocycles. The third-order valence-corrected chi connectivity index (χ3v) is 3.77. The molecule has 28 heavy (non-hydrogen) atoms. The first-order valence-corrected chi connectivity index (χ1v) is 9.22. The van der Waals surface area contributed by atoms with Gasteiger partial charge >= 0.3 is 0 Å². The molecule has 0 fully saturated rings. The second kappa shape index (κ2) is 10.1. The van der Waals surface area contributed by atoms with Crippen LogP contribution in [-0.4, -0.2) is 36.9 Å². The first kappa shape index (κ1) is 21.0. The van der Waals surface area contributed by atoms with Crippen LogP contribution in [0.25, 0.3) is 0 Å². The number of hydrogen-bond acceptors (Lipinski definition) is 4. The second-order valence-electron chi connectivity index (χ2n) is 6.55. The maximum Gasteiger partial charge on any atom is 0.251 e. The Morgan fingerprint density at radius 3 is 2.25 bits per heavy atom. The summed E-state index contributed by atoms with van der Waals surface area (Å²) in [6.07, 6.45) is 0. The van der Waals surface area contributed by atoms with Gasteiger partial charge in [0, 0.05) is 35.1 Å². The van der Waals surface area contributed by atoms with Crippen molar-refractivity contribution in [3.8, 4) is 0 Å². The molecule has 0 heterocycles. The lowest BCUT2D eigenvalue weighted by molar-refractivity contribution is -0.114. The lowest BCUT2D eigenvalue weighted by Gasteiger charge is -2.11. The van der Waals surface area contributed by atoms with Gasteiger partial charge in [-0.25, -0.2) is 0 Å². The molecule has 0 bridgehead atoms. The van der Waals surface area contributed by atoms with Gasteiger partial charge in [-0.2, -0.15) is 0 Å². The summed E-state index contributed by atoms with van der Waals surface area (Å²) in [7, 11) is 0. The first-order valence-electron chi connectivity index (χ1n) is 9.22. The largest absolute Gasteiger partial charge is 0.376 e. The van der Waals surface area contributed by atoms with E-state index in [4.69, 9.17) is 0 Å². The van der Waals surface area contributed by atoms with Gasteiger partial charge in [-0.1, -0.05) is 6.07 Å². The van der Waals surface area contributed by atoms with Gasteiger partial charge in [0.15, 0.2) is 0 Å². The molecular weight excluding hydrogens is 356 g/mol. The van der Waals surface area contributed by atoms with Crippen LogP contribution in [0.2, 0.25) is 0 Å². The van der Waals surface area contributed by atoms with E-state index in [9.17, 15) is 14.4 Å². The fraction of sp³-hybridized carbons (Fsp3) is 0.286. The van der Waals surface area contributed by atoms with Gasteiger partial charge in [0.05, 0.1) is 6.54 Å². The van der Waals surface area contributed by atoms with Crippen molar-refractivity contribution < 1.29 is 14.4 Å². The number of anilines is 2. The van der Waals surface area contributed by atoms with Gasteiger partial charge in [-0.15, -0.1) is 0 Å². The zero-order valence-electron chi connectivity index (χ0n) is 16.3. The highest BCUT2D eigenvalue weighted by Gasteiger charge is 2.09. The van der Waals surface area contributed by atoms with Gasteiger partial charge in [0.25, 0.3) is 11.8 Å². The Morgan fingerprint density at radius 1 is 0.893 bits per heavy atom. The smallest absolute Gasteiger partial charge is 0.251 e. The first-order chi connectivity index (χ1) is 13.4. The molecule has 0 aliphatic carbocycles. The lowest BCUT2D eigenvalue weighted by Crippen LogP contribution is -2.30. The van der Waals surface area contributed by atoms with Crippen molar-refractivity contribution in [3.05, 3.63) is 59.7 Å². The van der Waals surface area contributed by atoms with E-state index in [0.717, 1.165) is 0 Å². The number of hydrogen-bond donors (Lipinski definition) is 4. The summed E-state index contributed by atoms with van der Waals surface area (Å²) in [5.41, 5.74) is 2.34. The van der Waals surface area contributed by atoms with E-state index in [1.165, 1.54) is 0 Å². The summed E-state index contributed by atoms with van der Waals surface area (Å²) < 4.78 is 0. The van der Waals surface area contributed by atoms with Crippen molar-refractivity contribution in [1.29, 1.82) is 0 Å². The lowest BCUT2D eigenvalue weighted by atomic mass is 10.1. The molecular formula is C21H26N4O3. The maximum absolute atomic E-state index is 12.1. The molecule has 3 amide bonds.